The van der Waals surface area contributed by atoms with Gasteiger partial charge in [0, 0.05) is 37.7 Å². The molecule has 1 fully saturated rings. The number of benzene rings is 1. The zero-order chi connectivity index (χ0) is 18.7. The Morgan fingerprint density at radius 3 is 2.69 bits per heavy atom. The maximum absolute atomic E-state index is 13.2. The zero-order valence-corrected chi connectivity index (χ0v) is 14.8. The molecule has 2 aromatic rings. The smallest absolute Gasteiger partial charge is 0.317 e. The van der Waals surface area contributed by atoms with E-state index in [0.717, 1.165) is 11.3 Å². The minimum absolute atomic E-state index is 0.0615. The molecule has 0 unspecified atom stereocenters. The van der Waals surface area contributed by atoms with Gasteiger partial charge >= 0.3 is 6.03 Å². The summed E-state index contributed by atoms with van der Waals surface area (Å²) in [7, 11) is 1.59. The molecule has 1 aromatic heterocycles. The second kappa shape index (κ2) is 7.31. The Morgan fingerprint density at radius 2 is 2.00 bits per heavy atom. The SMILES string of the molecule is COc1ccccc1-n1cc([C@@H](C)NC(=O)N2CCC(F)(F)CC2)cn1. The van der Waals surface area contributed by atoms with Crippen LogP contribution in [0, 0.1) is 0 Å². The Hall–Kier alpha value is -2.64. The van der Waals surface area contributed by atoms with E-state index in [1.54, 1.807) is 18.0 Å². The molecule has 26 heavy (non-hydrogen) atoms. The molecular weight excluding hydrogens is 342 g/mol. The molecule has 1 saturated heterocycles. The Bertz CT molecular complexity index is 768. The Balaban J connectivity index is 1.65. The average Bonchev–Trinajstić information content (AvgIpc) is 3.11. The largest absolute Gasteiger partial charge is 0.494 e. The summed E-state index contributed by atoms with van der Waals surface area (Å²) in [6.45, 7) is 1.96. The minimum Gasteiger partial charge on any atom is -0.494 e. The van der Waals surface area contributed by atoms with Gasteiger partial charge in [-0.1, -0.05) is 12.1 Å². The minimum atomic E-state index is -2.67. The lowest BCUT2D eigenvalue weighted by molar-refractivity contribution is -0.0470. The third-order valence-corrected chi connectivity index (χ3v) is 4.56. The molecule has 2 amide bonds. The predicted octanol–water partition coefficient (Wildman–Crippen LogP) is 3.38. The normalized spacial score (nSPS) is 17.6. The first kappa shape index (κ1) is 18.2. The van der Waals surface area contributed by atoms with Crippen LogP contribution in [0.15, 0.2) is 36.7 Å². The molecule has 1 aliphatic heterocycles. The molecular formula is C18H22F2N4O2. The van der Waals surface area contributed by atoms with Gasteiger partial charge in [-0.2, -0.15) is 5.10 Å². The van der Waals surface area contributed by atoms with Gasteiger partial charge in [0.1, 0.15) is 11.4 Å². The molecule has 140 valence electrons. The first-order valence-corrected chi connectivity index (χ1v) is 8.51. The maximum Gasteiger partial charge on any atom is 0.317 e. The lowest BCUT2D eigenvalue weighted by atomic mass is 10.1. The molecule has 1 aromatic carbocycles. The third kappa shape index (κ3) is 3.95. The Kier molecular flexibility index (Phi) is 5.11. The fraction of sp³-hybridized carbons (Fsp3) is 0.444. The summed E-state index contributed by atoms with van der Waals surface area (Å²) in [5.41, 5.74) is 1.60. The quantitative estimate of drug-likeness (QED) is 0.905. The number of carbonyl (C=O) groups excluding carboxylic acids is 1. The molecule has 1 N–H and O–H groups in total. The van der Waals surface area contributed by atoms with Crippen LogP contribution in [0.2, 0.25) is 0 Å². The number of aromatic nitrogens is 2. The maximum atomic E-state index is 13.2. The summed E-state index contributed by atoms with van der Waals surface area (Å²) in [6, 6.07) is 6.85. The van der Waals surface area contributed by atoms with Crippen LogP contribution < -0.4 is 10.1 Å². The standard InChI is InChI=1S/C18H22F2N4O2/c1-13(22-17(25)23-9-7-18(19,20)8-10-23)14-11-21-24(12-14)15-5-3-4-6-16(15)26-2/h3-6,11-13H,7-10H2,1-2H3,(H,22,25)/t13-/m1/s1. The number of nitrogens with one attached hydrogen (secondary N) is 1. The summed E-state index contributed by atoms with van der Waals surface area (Å²) in [6.07, 6.45) is 2.90. The molecule has 0 saturated carbocycles. The second-order valence-electron chi connectivity index (χ2n) is 6.40. The van der Waals surface area contributed by atoms with Crippen molar-refractivity contribution in [2.45, 2.75) is 31.7 Å². The van der Waals surface area contributed by atoms with Gasteiger partial charge in [-0.25, -0.2) is 18.3 Å². The number of alkyl halides is 2. The second-order valence-corrected chi connectivity index (χ2v) is 6.40. The molecule has 0 bridgehead atoms. The van der Waals surface area contributed by atoms with Gasteiger partial charge in [0.15, 0.2) is 0 Å². The van der Waals surface area contributed by atoms with Gasteiger partial charge < -0.3 is 15.0 Å². The molecule has 0 aliphatic carbocycles. The Morgan fingerprint density at radius 1 is 1.31 bits per heavy atom. The molecule has 2 heterocycles. The van der Waals surface area contributed by atoms with Crippen molar-refractivity contribution in [3.8, 4) is 11.4 Å². The molecule has 0 spiro atoms. The van der Waals surface area contributed by atoms with E-state index in [1.807, 2.05) is 37.4 Å². The highest BCUT2D eigenvalue weighted by Gasteiger charge is 2.35. The van der Waals surface area contributed by atoms with E-state index in [4.69, 9.17) is 4.74 Å². The highest BCUT2D eigenvalue weighted by molar-refractivity contribution is 5.74. The van der Waals surface area contributed by atoms with Crippen molar-refractivity contribution in [3.05, 3.63) is 42.2 Å². The number of methoxy groups -OCH3 is 1. The van der Waals surface area contributed by atoms with E-state index in [1.165, 1.54) is 4.90 Å². The number of rotatable bonds is 4. The van der Waals surface area contributed by atoms with E-state index in [2.05, 4.69) is 10.4 Å². The monoisotopic (exact) mass is 364 g/mol. The molecule has 1 aliphatic rings. The van der Waals surface area contributed by atoms with Crippen LogP contribution in [0.5, 0.6) is 5.75 Å². The van der Waals surface area contributed by atoms with Gasteiger partial charge in [-0.3, -0.25) is 0 Å². The lowest BCUT2D eigenvalue weighted by Crippen LogP contribution is -2.47. The predicted molar refractivity (Wildman–Crippen MR) is 92.8 cm³/mol. The molecule has 0 radical (unpaired) electrons. The molecule has 6 nitrogen and oxygen atoms in total. The van der Waals surface area contributed by atoms with Gasteiger partial charge in [0.25, 0.3) is 5.92 Å². The van der Waals surface area contributed by atoms with Crippen LogP contribution in [0.25, 0.3) is 5.69 Å². The van der Waals surface area contributed by atoms with Gasteiger partial charge in [-0.15, -0.1) is 0 Å². The van der Waals surface area contributed by atoms with Crippen molar-refractivity contribution >= 4 is 6.03 Å². The van der Waals surface area contributed by atoms with Crippen molar-refractivity contribution in [1.82, 2.24) is 20.0 Å². The highest BCUT2D eigenvalue weighted by atomic mass is 19.3. The number of amides is 2. The number of halogens is 2. The van der Waals surface area contributed by atoms with Crippen molar-refractivity contribution < 1.29 is 18.3 Å². The summed E-state index contributed by atoms with van der Waals surface area (Å²) in [4.78, 5) is 13.7. The van der Waals surface area contributed by atoms with E-state index in [-0.39, 0.29) is 38.0 Å². The third-order valence-electron chi connectivity index (χ3n) is 4.56. The first-order chi connectivity index (χ1) is 12.4. The van der Waals surface area contributed by atoms with Crippen LogP contribution in [0.4, 0.5) is 13.6 Å². The van der Waals surface area contributed by atoms with Crippen molar-refractivity contribution in [1.29, 1.82) is 0 Å². The van der Waals surface area contributed by atoms with Crippen molar-refractivity contribution in [2.24, 2.45) is 0 Å². The number of urea groups is 1. The number of hydrogen-bond donors (Lipinski definition) is 1. The summed E-state index contributed by atoms with van der Waals surface area (Å²) < 4.78 is 33.4. The summed E-state index contributed by atoms with van der Waals surface area (Å²) in [5, 5.41) is 7.17. The zero-order valence-electron chi connectivity index (χ0n) is 14.8. The van der Waals surface area contributed by atoms with Crippen molar-refractivity contribution in [3.63, 3.8) is 0 Å². The number of hydrogen-bond acceptors (Lipinski definition) is 3. The number of carbonyl (C=O) groups is 1. The Labute approximate surface area is 150 Å². The highest BCUT2D eigenvalue weighted by Crippen LogP contribution is 2.28. The number of piperidine rings is 1. The van der Waals surface area contributed by atoms with E-state index < -0.39 is 5.92 Å². The number of para-hydroxylation sites is 2. The van der Waals surface area contributed by atoms with E-state index in [9.17, 15) is 13.6 Å². The van der Waals surface area contributed by atoms with Crippen LogP contribution in [-0.4, -0.2) is 46.8 Å². The fourth-order valence-electron chi connectivity index (χ4n) is 2.91. The average molecular weight is 364 g/mol. The van der Waals surface area contributed by atoms with Gasteiger partial charge in [-0.05, 0) is 19.1 Å². The van der Waals surface area contributed by atoms with Crippen LogP contribution in [0.3, 0.4) is 0 Å². The lowest BCUT2D eigenvalue weighted by Gasteiger charge is -2.32. The van der Waals surface area contributed by atoms with E-state index >= 15 is 0 Å². The van der Waals surface area contributed by atoms with Crippen molar-refractivity contribution in [2.75, 3.05) is 20.2 Å². The molecule has 8 heteroatoms. The number of nitrogens with zero attached hydrogens (tertiary/aromatic N) is 3. The summed E-state index contributed by atoms with van der Waals surface area (Å²) in [5.74, 6) is -1.98. The fourth-order valence-corrected chi connectivity index (χ4v) is 2.91. The first-order valence-electron chi connectivity index (χ1n) is 8.51. The van der Waals surface area contributed by atoms with Crippen LogP contribution >= 0.6 is 0 Å². The topological polar surface area (TPSA) is 59.4 Å². The van der Waals surface area contributed by atoms with Gasteiger partial charge in [0.2, 0.25) is 0 Å². The van der Waals surface area contributed by atoms with Crippen LogP contribution in [0.1, 0.15) is 31.4 Å². The number of likely N-dealkylation sites (tertiary alicyclic amines) is 1. The number of ether oxygens (including phenoxy) is 1. The van der Waals surface area contributed by atoms with E-state index in [0.29, 0.717) is 5.75 Å². The molecule has 1 atom stereocenters. The molecule has 3 rings (SSSR count). The van der Waals surface area contributed by atoms with Crippen LogP contribution in [-0.2, 0) is 0 Å². The summed E-state index contributed by atoms with van der Waals surface area (Å²) >= 11 is 0. The van der Waals surface area contributed by atoms with Gasteiger partial charge in [0.05, 0.1) is 19.3 Å².